The molecule has 0 heterocycles. The topological polar surface area (TPSA) is 9.72 Å². The van der Waals surface area contributed by atoms with Crippen molar-refractivity contribution in [3.8, 4) is 0 Å². The van der Waals surface area contributed by atoms with Gasteiger partial charge in [0.05, 0.1) is 0 Å². The van der Waals surface area contributed by atoms with Crippen molar-refractivity contribution in [2.24, 2.45) is 45.8 Å². The Hall–Kier alpha value is -0.120. The maximum Gasteiger partial charge on any atom is 0.0146 e. The first-order valence-electron chi connectivity index (χ1n) is 15.4. The summed E-state index contributed by atoms with van der Waals surface area (Å²) in [7, 11) is 13.9. The van der Waals surface area contributed by atoms with Crippen molar-refractivity contribution < 1.29 is 0 Å². The predicted octanol–water partition coefficient (Wildman–Crippen LogP) is 7.51. The molecule has 3 nitrogen and oxygen atoms in total. The summed E-state index contributed by atoms with van der Waals surface area (Å²) in [6, 6.07) is 2.37. The molecule has 0 bridgehead atoms. The summed E-state index contributed by atoms with van der Waals surface area (Å²) in [4.78, 5) is 7.61. The molecule has 3 saturated carbocycles. The van der Waals surface area contributed by atoms with Crippen LogP contribution in [0.3, 0.4) is 0 Å². The van der Waals surface area contributed by atoms with E-state index in [4.69, 9.17) is 0 Å². The summed E-state index contributed by atoms with van der Waals surface area (Å²) in [5, 5.41) is 0. The van der Waals surface area contributed by atoms with Gasteiger partial charge in [-0.05, 0) is 146 Å². The van der Waals surface area contributed by atoms with Gasteiger partial charge in [0, 0.05) is 18.1 Å². The Bertz CT molecular complexity index is 700. The molecule has 2 unspecified atom stereocenters. The van der Waals surface area contributed by atoms with Crippen LogP contribution in [-0.4, -0.2) is 75.1 Å². The molecule has 212 valence electrons. The SMILES string of the molecule is CN(C)[C@@H]1C(CC(C)(C)C[C@H]2CC[C@@H]2N(C)C)C[C@@H]1CC(C)(C)CC1C[C@@H](CC(C)(C)C)[C@H]1N(C)C. The first-order chi connectivity index (χ1) is 16.4. The average Bonchev–Trinajstić information content (AvgIpc) is 2.60. The molecule has 0 N–H and O–H groups in total. The van der Waals surface area contributed by atoms with E-state index in [-0.39, 0.29) is 0 Å². The minimum atomic E-state index is 0.440. The Labute approximate surface area is 227 Å². The van der Waals surface area contributed by atoms with Crippen molar-refractivity contribution in [1.29, 1.82) is 0 Å². The van der Waals surface area contributed by atoms with Crippen LogP contribution in [0.5, 0.6) is 0 Å². The Kier molecular flexibility index (Phi) is 9.44. The molecule has 0 amide bonds. The molecule has 0 aromatic heterocycles. The van der Waals surface area contributed by atoms with Crippen molar-refractivity contribution in [2.45, 2.75) is 124 Å². The maximum absolute atomic E-state index is 2.59. The lowest BCUT2D eigenvalue weighted by molar-refractivity contribution is -0.0474. The molecule has 3 heteroatoms. The van der Waals surface area contributed by atoms with E-state index in [1.165, 1.54) is 57.8 Å². The van der Waals surface area contributed by atoms with Crippen molar-refractivity contribution in [2.75, 3.05) is 42.3 Å². The molecule has 3 rings (SSSR count). The third-order valence-electron chi connectivity index (χ3n) is 10.5. The van der Waals surface area contributed by atoms with Crippen LogP contribution in [0.1, 0.15) is 106 Å². The molecule has 3 fully saturated rings. The van der Waals surface area contributed by atoms with Crippen LogP contribution in [0.2, 0.25) is 0 Å². The van der Waals surface area contributed by atoms with E-state index in [1.807, 2.05) is 0 Å². The normalized spacial score (nSPS) is 35.7. The molecule has 0 aliphatic heterocycles. The van der Waals surface area contributed by atoms with Crippen molar-refractivity contribution in [3.63, 3.8) is 0 Å². The zero-order chi connectivity index (χ0) is 27.2. The van der Waals surface area contributed by atoms with E-state index in [0.717, 1.165) is 47.7 Å². The van der Waals surface area contributed by atoms with Gasteiger partial charge in [-0.1, -0.05) is 48.5 Å². The highest BCUT2D eigenvalue weighted by Crippen LogP contribution is 2.54. The quantitative estimate of drug-likeness (QED) is 0.273. The van der Waals surface area contributed by atoms with Crippen LogP contribution in [0.15, 0.2) is 0 Å². The summed E-state index contributed by atoms with van der Waals surface area (Å²) < 4.78 is 0. The monoisotopic (exact) mass is 504 g/mol. The van der Waals surface area contributed by atoms with Gasteiger partial charge in [-0.25, -0.2) is 0 Å². The molecule has 3 aliphatic carbocycles. The smallest absolute Gasteiger partial charge is 0.0146 e. The average molecular weight is 504 g/mol. The Morgan fingerprint density at radius 3 is 1.11 bits per heavy atom. The van der Waals surface area contributed by atoms with Gasteiger partial charge in [-0.3, -0.25) is 0 Å². The zero-order valence-corrected chi connectivity index (χ0v) is 26.8. The van der Waals surface area contributed by atoms with Crippen LogP contribution in [0.25, 0.3) is 0 Å². The van der Waals surface area contributed by atoms with Gasteiger partial charge < -0.3 is 14.7 Å². The molecule has 8 atom stereocenters. The van der Waals surface area contributed by atoms with Crippen LogP contribution >= 0.6 is 0 Å². The Balaban J connectivity index is 1.53. The van der Waals surface area contributed by atoms with E-state index in [1.54, 1.807) is 0 Å². The largest absolute Gasteiger partial charge is 0.306 e. The van der Waals surface area contributed by atoms with Crippen molar-refractivity contribution in [3.05, 3.63) is 0 Å². The van der Waals surface area contributed by atoms with Gasteiger partial charge >= 0.3 is 0 Å². The standard InChI is InChI=1S/C33H65N3/c1-31(2,3)18-24-16-25(29(24)35(10)11)21-33(6,7)22-27-17-26(30(27)36(12)13)20-32(4,5)19-23-14-15-28(23)34(8)9/h23-30H,14-22H2,1-13H3/t23-,24+,25?,26?,27-,28+,29-,30-/m1/s1. The minimum absolute atomic E-state index is 0.440. The molecule has 0 spiro atoms. The molecular weight excluding hydrogens is 438 g/mol. The molecular formula is C33H65N3. The van der Waals surface area contributed by atoms with Crippen LogP contribution < -0.4 is 0 Å². The van der Waals surface area contributed by atoms with Gasteiger partial charge in [0.1, 0.15) is 0 Å². The fourth-order valence-electron chi connectivity index (χ4n) is 9.48. The molecule has 0 radical (unpaired) electrons. The van der Waals surface area contributed by atoms with E-state index in [2.05, 4.69) is 105 Å². The highest BCUT2D eigenvalue weighted by atomic mass is 15.1. The highest BCUT2D eigenvalue weighted by molar-refractivity contribution is 5.02. The zero-order valence-electron chi connectivity index (χ0n) is 26.8. The van der Waals surface area contributed by atoms with Crippen LogP contribution in [0, 0.1) is 45.8 Å². The predicted molar refractivity (Wildman–Crippen MR) is 158 cm³/mol. The number of hydrogen-bond acceptors (Lipinski definition) is 3. The molecule has 0 saturated heterocycles. The van der Waals surface area contributed by atoms with Crippen molar-refractivity contribution >= 4 is 0 Å². The third-order valence-corrected chi connectivity index (χ3v) is 10.5. The fourth-order valence-corrected chi connectivity index (χ4v) is 9.48. The van der Waals surface area contributed by atoms with Gasteiger partial charge in [0.15, 0.2) is 0 Å². The molecule has 3 aliphatic rings. The first kappa shape index (κ1) is 30.4. The lowest BCUT2D eigenvalue weighted by Gasteiger charge is -2.55. The molecule has 0 aromatic carbocycles. The maximum atomic E-state index is 2.59. The lowest BCUT2D eigenvalue weighted by atomic mass is 9.55. The first-order valence-corrected chi connectivity index (χ1v) is 15.4. The van der Waals surface area contributed by atoms with E-state index < -0.39 is 0 Å². The fraction of sp³-hybridized carbons (Fsp3) is 1.00. The second kappa shape index (κ2) is 11.2. The lowest BCUT2D eigenvalue weighted by Crippen LogP contribution is -2.55. The van der Waals surface area contributed by atoms with Crippen LogP contribution in [-0.2, 0) is 0 Å². The van der Waals surface area contributed by atoms with Gasteiger partial charge in [-0.15, -0.1) is 0 Å². The van der Waals surface area contributed by atoms with E-state index in [0.29, 0.717) is 16.2 Å². The Morgan fingerprint density at radius 2 is 0.833 bits per heavy atom. The number of hydrogen-bond donors (Lipinski definition) is 0. The summed E-state index contributed by atoms with van der Waals surface area (Å²) in [5.41, 5.74) is 1.35. The number of rotatable bonds is 12. The second-order valence-electron chi connectivity index (χ2n) is 17.2. The van der Waals surface area contributed by atoms with Gasteiger partial charge in [0.25, 0.3) is 0 Å². The summed E-state index contributed by atoms with van der Waals surface area (Å²) in [6.45, 7) is 17.5. The second-order valence-corrected chi connectivity index (χ2v) is 17.2. The van der Waals surface area contributed by atoms with Gasteiger partial charge in [-0.2, -0.15) is 0 Å². The van der Waals surface area contributed by atoms with Crippen LogP contribution in [0.4, 0.5) is 0 Å². The summed E-state index contributed by atoms with van der Waals surface area (Å²) in [5.74, 6) is 4.42. The molecule has 36 heavy (non-hydrogen) atoms. The Morgan fingerprint density at radius 1 is 0.472 bits per heavy atom. The minimum Gasteiger partial charge on any atom is -0.306 e. The number of nitrogens with zero attached hydrogens (tertiary/aromatic N) is 3. The third kappa shape index (κ3) is 7.50. The summed E-state index contributed by atoms with van der Waals surface area (Å²) in [6.07, 6.45) is 12.7. The van der Waals surface area contributed by atoms with Gasteiger partial charge in [0.2, 0.25) is 0 Å². The van der Waals surface area contributed by atoms with E-state index in [9.17, 15) is 0 Å². The highest BCUT2D eigenvalue weighted by Gasteiger charge is 2.49. The van der Waals surface area contributed by atoms with Crippen molar-refractivity contribution in [1.82, 2.24) is 14.7 Å². The molecule has 0 aromatic rings. The summed E-state index contributed by atoms with van der Waals surface area (Å²) >= 11 is 0. The van der Waals surface area contributed by atoms with E-state index >= 15 is 0 Å².